The molecule has 2 N–H and O–H groups in total. The van der Waals surface area contributed by atoms with Gasteiger partial charge in [0, 0.05) is 11.6 Å². The molecule has 0 bridgehead atoms. The molecular formula is C14H9FN2O3. The van der Waals surface area contributed by atoms with Gasteiger partial charge in [0.25, 0.3) is 5.89 Å². The fourth-order valence-electron chi connectivity index (χ4n) is 1.81. The molecule has 3 rings (SSSR count). The summed E-state index contributed by atoms with van der Waals surface area (Å²) in [7, 11) is 0. The molecule has 100 valence electrons. The molecule has 2 aromatic carbocycles. The summed E-state index contributed by atoms with van der Waals surface area (Å²) in [5.41, 5.74) is 0.560. The Balaban J connectivity index is 2.04. The number of phenols is 2. The zero-order chi connectivity index (χ0) is 14.1. The molecule has 0 fully saturated rings. The van der Waals surface area contributed by atoms with E-state index < -0.39 is 5.82 Å². The third-order valence-corrected chi connectivity index (χ3v) is 2.69. The van der Waals surface area contributed by atoms with Gasteiger partial charge in [-0.3, -0.25) is 0 Å². The molecule has 0 aliphatic carbocycles. The lowest BCUT2D eigenvalue weighted by atomic mass is 10.2. The maximum atomic E-state index is 13.6. The van der Waals surface area contributed by atoms with Crippen LogP contribution in [-0.2, 0) is 0 Å². The summed E-state index contributed by atoms with van der Waals surface area (Å²) < 4.78 is 18.6. The van der Waals surface area contributed by atoms with Crippen molar-refractivity contribution in [2.45, 2.75) is 0 Å². The molecule has 1 heterocycles. The lowest BCUT2D eigenvalue weighted by Gasteiger charge is -1.98. The summed E-state index contributed by atoms with van der Waals surface area (Å²) in [4.78, 5) is 4.05. The monoisotopic (exact) mass is 272 g/mol. The summed E-state index contributed by atoms with van der Waals surface area (Å²) >= 11 is 0. The van der Waals surface area contributed by atoms with Crippen molar-refractivity contribution in [3.8, 4) is 34.3 Å². The Hall–Kier alpha value is -2.89. The number of hydrogen-bond acceptors (Lipinski definition) is 5. The van der Waals surface area contributed by atoms with Crippen molar-refractivity contribution in [1.29, 1.82) is 0 Å². The molecule has 3 aromatic rings. The minimum Gasteiger partial charge on any atom is -0.508 e. The highest BCUT2D eigenvalue weighted by atomic mass is 19.1. The summed E-state index contributed by atoms with van der Waals surface area (Å²) in [6, 6.07) is 9.95. The first-order valence-electron chi connectivity index (χ1n) is 5.75. The quantitative estimate of drug-likeness (QED) is 0.749. The van der Waals surface area contributed by atoms with E-state index in [4.69, 9.17) is 4.52 Å². The van der Waals surface area contributed by atoms with Gasteiger partial charge in [0.1, 0.15) is 17.3 Å². The predicted octanol–water partition coefficient (Wildman–Crippen LogP) is 2.95. The van der Waals surface area contributed by atoms with Crippen molar-refractivity contribution in [2.75, 3.05) is 0 Å². The number of hydrogen-bond donors (Lipinski definition) is 2. The fourth-order valence-corrected chi connectivity index (χ4v) is 1.81. The fraction of sp³-hybridized carbons (Fsp3) is 0. The number of aromatic hydroxyl groups is 2. The third kappa shape index (κ3) is 2.18. The highest BCUT2D eigenvalue weighted by Gasteiger charge is 2.14. The zero-order valence-electron chi connectivity index (χ0n) is 10.1. The van der Waals surface area contributed by atoms with Crippen LogP contribution < -0.4 is 0 Å². The number of benzene rings is 2. The Morgan fingerprint density at radius 1 is 1.00 bits per heavy atom. The van der Waals surface area contributed by atoms with E-state index >= 15 is 0 Å². The van der Waals surface area contributed by atoms with Crippen molar-refractivity contribution < 1.29 is 19.1 Å². The van der Waals surface area contributed by atoms with Crippen LogP contribution in [0.2, 0.25) is 0 Å². The zero-order valence-corrected chi connectivity index (χ0v) is 10.1. The van der Waals surface area contributed by atoms with Gasteiger partial charge in [-0.05, 0) is 24.3 Å². The largest absolute Gasteiger partial charge is 0.508 e. The molecule has 1 aromatic heterocycles. The number of nitrogens with zero attached hydrogens (tertiary/aromatic N) is 2. The minimum absolute atomic E-state index is 0.0782. The average molecular weight is 272 g/mol. The minimum atomic E-state index is -0.460. The molecule has 0 aliphatic rings. The van der Waals surface area contributed by atoms with Crippen LogP contribution in [0.3, 0.4) is 0 Å². The average Bonchev–Trinajstić information content (AvgIpc) is 2.87. The second-order valence-corrected chi connectivity index (χ2v) is 4.14. The van der Waals surface area contributed by atoms with E-state index in [1.54, 1.807) is 12.1 Å². The topological polar surface area (TPSA) is 79.4 Å². The van der Waals surface area contributed by atoms with E-state index in [1.807, 2.05) is 0 Å². The van der Waals surface area contributed by atoms with Crippen LogP contribution >= 0.6 is 0 Å². The Morgan fingerprint density at radius 2 is 1.70 bits per heavy atom. The molecule has 0 saturated carbocycles. The molecule has 0 amide bonds. The van der Waals surface area contributed by atoms with Gasteiger partial charge in [0.05, 0.1) is 5.56 Å². The molecule has 0 radical (unpaired) electrons. The Kier molecular flexibility index (Phi) is 2.83. The van der Waals surface area contributed by atoms with Gasteiger partial charge in [-0.1, -0.05) is 17.3 Å². The molecular weight excluding hydrogens is 263 g/mol. The molecule has 0 saturated heterocycles. The van der Waals surface area contributed by atoms with Crippen molar-refractivity contribution >= 4 is 0 Å². The van der Waals surface area contributed by atoms with Crippen molar-refractivity contribution in [3.63, 3.8) is 0 Å². The van der Waals surface area contributed by atoms with Crippen LogP contribution in [0.15, 0.2) is 47.0 Å². The van der Waals surface area contributed by atoms with Gasteiger partial charge in [0.15, 0.2) is 0 Å². The summed E-state index contributed by atoms with van der Waals surface area (Å²) in [6.07, 6.45) is 0. The van der Waals surface area contributed by atoms with E-state index in [1.165, 1.54) is 30.3 Å². The molecule has 20 heavy (non-hydrogen) atoms. The first kappa shape index (κ1) is 12.2. The van der Waals surface area contributed by atoms with Gasteiger partial charge in [-0.15, -0.1) is 0 Å². The Bertz CT molecular complexity index is 750. The van der Waals surface area contributed by atoms with E-state index in [-0.39, 0.29) is 28.8 Å². The van der Waals surface area contributed by atoms with Crippen LogP contribution in [0.1, 0.15) is 0 Å². The molecule has 0 unspecified atom stereocenters. The van der Waals surface area contributed by atoms with E-state index in [9.17, 15) is 14.6 Å². The molecule has 0 aliphatic heterocycles. The van der Waals surface area contributed by atoms with Crippen molar-refractivity contribution in [1.82, 2.24) is 10.1 Å². The molecule has 5 nitrogen and oxygen atoms in total. The number of aromatic nitrogens is 2. The lowest BCUT2D eigenvalue weighted by Crippen LogP contribution is -1.85. The summed E-state index contributed by atoms with van der Waals surface area (Å²) in [6.45, 7) is 0. The van der Waals surface area contributed by atoms with Gasteiger partial charge in [-0.2, -0.15) is 4.98 Å². The highest BCUT2D eigenvalue weighted by Crippen LogP contribution is 2.29. The maximum Gasteiger partial charge on any atom is 0.258 e. The van der Waals surface area contributed by atoms with Gasteiger partial charge in [0.2, 0.25) is 5.82 Å². The summed E-state index contributed by atoms with van der Waals surface area (Å²) in [5.74, 6) is -0.551. The third-order valence-electron chi connectivity index (χ3n) is 2.69. The Morgan fingerprint density at radius 3 is 2.40 bits per heavy atom. The van der Waals surface area contributed by atoms with Gasteiger partial charge < -0.3 is 14.7 Å². The van der Waals surface area contributed by atoms with Gasteiger partial charge in [-0.25, -0.2) is 4.39 Å². The molecule has 6 heteroatoms. The first-order valence-corrected chi connectivity index (χ1v) is 5.75. The molecule has 0 spiro atoms. The highest BCUT2D eigenvalue weighted by molar-refractivity contribution is 5.62. The van der Waals surface area contributed by atoms with Crippen LogP contribution in [0, 0.1) is 5.82 Å². The van der Waals surface area contributed by atoms with Crippen LogP contribution in [0.5, 0.6) is 11.5 Å². The number of rotatable bonds is 2. The first-order chi connectivity index (χ1) is 9.63. The van der Waals surface area contributed by atoms with Crippen molar-refractivity contribution in [3.05, 3.63) is 48.3 Å². The lowest BCUT2D eigenvalue weighted by molar-refractivity contribution is 0.428. The van der Waals surface area contributed by atoms with E-state index in [2.05, 4.69) is 10.1 Å². The summed E-state index contributed by atoms with van der Waals surface area (Å²) in [5, 5.41) is 22.5. The predicted molar refractivity (Wildman–Crippen MR) is 68.5 cm³/mol. The second kappa shape index (κ2) is 4.65. The van der Waals surface area contributed by atoms with E-state index in [0.29, 0.717) is 5.56 Å². The normalized spacial score (nSPS) is 10.7. The Labute approximate surface area is 112 Å². The van der Waals surface area contributed by atoms with Crippen LogP contribution in [0.25, 0.3) is 22.8 Å². The smallest absolute Gasteiger partial charge is 0.258 e. The SMILES string of the molecule is Oc1cc(O)cc(-c2nc(-c3ccccc3F)no2)c1. The molecule has 0 atom stereocenters. The number of halogens is 1. The standard InChI is InChI=1S/C14H9FN2O3/c15-12-4-2-1-3-11(12)13-16-14(20-17-13)8-5-9(18)7-10(19)6-8/h1-7,18-19H. The maximum absolute atomic E-state index is 13.6. The second-order valence-electron chi connectivity index (χ2n) is 4.14. The number of phenolic OH excluding ortho intramolecular Hbond substituents is 2. The van der Waals surface area contributed by atoms with Gasteiger partial charge >= 0.3 is 0 Å². The van der Waals surface area contributed by atoms with Crippen molar-refractivity contribution in [2.24, 2.45) is 0 Å². The van der Waals surface area contributed by atoms with E-state index in [0.717, 1.165) is 0 Å². The van der Waals surface area contributed by atoms with Crippen LogP contribution in [0.4, 0.5) is 4.39 Å². The van der Waals surface area contributed by atoms with Crippen LogP contribution in [-0.4, -0.2) is 20.4 Å².